The molecule has 144 valence electrons. The van der Waals surface area contributed by atoms with E-state index in [2.05, 4.69) is 43.2 Å². The second-order valence-electron chi connectivity index (χ2n) is 7.08. The van der Waals surface area contributed by atoms with Crippen molar-refractivity contribution in [3.63, 3.8) is 0 Å². The Morgan fingerprint density at radius 2 is 1.37 bits per heavy atom. The highest BCUT2D eigenvalue weighted by Crippen LogP contribution is 2.12. The van der Waals surface area contributed by atoms with Crippen molar-refractivity contribution >= 4 is 17.5 Å². The van der Waals surface area contributed by atoms with Gasteiger partial charge in [-0.1, -0.05) is 18.2 Å². The van der Waals surface area contributed by atoms with Crippen LogP contribution in [-0.4, -0.2) is 41.9 Å². The van der Waals surface area contributed by atoms with Crippen LogP contribution in [0.25, 0.3) is 0 Å². The van der Waals surface area contributed by atoms with Crippen molar-refractivity contribution in [2.45, 2.75) is 39.8 Å². The van der Waals surface area contributed by atoms with Crippen LogP contribution in [0, 0.1) is 0 Å². The number of amides is 2. The van der Waals surface area contributed by atoms with Crippen LogP contribution in [0.3, 0.4) is 0 Å². The number of carbonyl (C=O) groups excluding carboxylic acids is 2. The fourth-order valence-corrected chi connectivity index (χ4v) is 3.01. The van der Waals surface area contributed by atoms with Gasteiger partial charge in [0.15, 0.2) is 0 Å². The van der Waals surface area contributed by atoms with Crippen molar-refractivity contribution in [2.75, 3.05) is 18.4 Å². The van der Waals surface area contributed by atoms with E-state index in [1.54, 1.807) is 36.4 Å². The molecular formula is C22H29N3O2. The molecule has 0 saturated heterocycles. The Balaban J connectivity index is 1.87. The molecule has 0 aliphatic rings. The lowest BCUT2D eigenvalue weighted by Gasteiger charge is -2.30. The summed E-state index contributed by atoms with van der Waals surface area (Å²) in [7, 11) is 0. The van der Waals surface area contributed by atoms with Crippen molar-refractivity contribution in [2.24, 2.45) is 0 Å². The van der Waals surface area contributed by atoms with E-state index in [1.165, 1.54) is 0 Å². The number of nitrogens with zero attached hydrogens (tertiary/aromatic N) is 1. The summed E-state index contributed by atoms with van der Waals surface area (Å²) in [5, 5.41) is 5.79. The van der Waals surface area contributed by atoms with Crippen LogP contribution >= 0.6 is 0 Å². The molecule has 27 heavy (non-hydrogen) atoms. The van der Waals surface area contributed by atoms with E-state index >= 15 is 0 Å². The van der Waals surface area contributed by atoms with Gasteiger partial charge in [-0.15, -0.1) is 0 Å². The molecule has 0 fully saturated rings. The van der Waals surface area contributed by atoms with Crippen molar-refractivity contribution in [3.05, 3.63) is 65.7 Å². The van der Waals surface area contributed by atoms with Crippen LogP contribution in [0.1, 0.15) is 48.4 Å². The highest BCUT2D eigenvalue weighted by atomic mass is 16.2. The maximum atomic E-state index is 12.3. The number of anilines is 1. The molecule has 2 aromatic carbocycles. The average molecular weight is 367 g/mol. The first-order valence-electron chi connectivity index (χ1n) is 9.39. The van der Waals surface area contributed by atoms with Gasteiger partial charge in [-0.3, -0.25) is 14.5 Å². The molecule has 0 aliphatic heterocycles. The first kappa shape index (κ1) is 20.6. The van der Waals surface area contributed by atoms with E-state index in [-0.39, 0.29) is 11.8 Å². The number of nitrogens with one attached hydrogen (secondary N) is 2. The van der Waals surface area contributed by atoms with Crippen LogP contribution in [-0.2, 0) is 0 Å². The molecule has 2 N–H and O–H groups in total. The minimum absolute atomic E-state index is 0.108. The quantitative estimate of drug-likeness (QED) is 0.746. The third kappa shape index (κ3) is 6.22. The Morgan fingerprint density at radius 1 is 0.815 bits per heavy atom. The van der Waals surface area contributed by atoms with Gasteiger partial charge in [-0.25, -0.2) is 0 Å². The minimum Gasteiger partial charge on any atom is -0.351 e. The van der Waals surface area contributed by atoms with E-state index in [0.29, 0.717) is 35.4 Å². The Labute approximate surface area is 161 Å². The molecule has 0 radical (unpaired) electrons. The molecule has 0 spiro atoms. The maximum absolute atomic E-state index is 12.3. The van der Waals surface area contributed by atoms with Crippen LogP contribution in [0.2, 0.25) is 0 Å². The summed E-state index contributed by atoms with van der Waals surface area (Å²) in [6.45, 7) is 10.0. The Bertz CT molecular complexity index is 732. The molecule has 0 aromatic heterocycles. The highest BCUT2D eigenvalue weighted by molar-refractivity contribution is 6.04. The zero-order chi connectivity index (χ0) is 19.8. The molecule has 0 unspecified atom stereocenters. The molecule has 0 aliphatic carbocycles. The lowest BCUT2D eigenvalue weighted by molar-refractivity contribution is 0.0939. The monoisotopic (exact) mass is 367 g/mol. The van der Waals surface area contributed by atoms with Crippen LogP contribution in [0.15, 0.2) is 54.6 Å². The van der Waals surface area contributed by atoms with Gasteiger partial charge in [-0.05, 0) is 64.1 Å². The number of benzene rings is 2. The number of hydrogen-bond donors (Lipinski definition) is 2. The molecule has 0 saturated carbocycles. The van der Waals surface area contributed by atoms with E-state index in [1.807, 2.05) is 18.2 Å². The zero-order valence-electron chi connectivity index (χ0n) is 16.5. The predicted octanol–water partition coefficient (Wildman–Crippen LogP) is 3.79. The summed E-state index contributed by atoms with van der Waals surface area (Å²) in [5.41, 5.74) is 1.83. The van der Waals surface area contributed by atoms with Gasteiger partial charge < -0.3 is 10.6 Å². The van der Waals surface area contributed by atoms with E-state index in [9.17, 15) is 9.59 Å². The van der Waals surface area contributed by atoms with Gasteiger partial charge in [-0.2, -0.15) is 0 Å². The zero-order valence-corrected chi connectivity index (χ0v) is 16.5. The summed E-state index contributed by atoms with van der Waals surface area (Å²) in [5.74, 6) is -0.279. The summed E-state index contributed by atoms with van der Waals surface area (Å²) >= 11 is 0. The SMILES string of the molecule is CC(C)N(CCNC(=O)c1ccc(NC(=O)c2ccccc2)cc1)C(C)C. The Kier molecular flexibility index (Phi) is 7.55. The molecule has 0 bridgehead atoms. The second kappa shape index (κ2) is 9.88. The lowest BCUT2D eigenvalue weighted by atomic mass is 10.1. The fourth-order valence-electron chi connectivity index (χ4n) is 3.01. The fraction of sp³-hybridized carbons (Fsp3) is 0.364. The van der Waals surface area contributed by atoms with E-state index < -0.39 is 0 Å². The van der Waals surface area contributed by atoms with Crippen LogP contribution in [0.5, 0.6) is 0 Å². The van der Waals surface area contributed by atoms with Crippen molar-refractivity contribution in [1.82, 2.24) is 10.2 Å². The van der Waals surface area contributed by atoms with Crippen LogP contribution < -0.4 is 10.6 Å². The van der Waals surface area contributed by atoms with Crippen molar-refractivity contribution in [1.29, 1.82) is 0 Å². The molecule has 2 rings (SSSR count). The largest absolute Gasteiger partial charge is 0.351 e. The molecule has 0 atom stereocenters. The van der Waals surface area contributed by atoms with Crippen LogP contribution in [0.4, 0.5) is 5.69 Å². The summed E-state index contributed by atoms with van der Waals surface area (Å²) in [6.07, 6.45) is 0. The molecule has 0 heterocycles. The summed E-state index contributed by atoms with van der Waals surface area (Å²) < 4.78 is 0. The van der Waals surface area contributed by atoms with Gasteiger partial charge >= 0.3 is 0 Å². The molecular weight excluding hydrogens is 338 g/mol. The molecule has 5 nitrogen and oxygen atoms in total. The highest BCUT2D eigenvalue weighted by Gasteiger charge is 2.13. The third-order valence-corrected chi connectivity index (χ3v) is 4.42. The minimum atomic E-state index is -0.171. The summed E-state index contributed by atoms with van der Waals surface area (Å²) in [4.78, 5) is 26.8. The topological polar surface area (TPSA) is 61.4 Å². The van der Waals surface area contributed by atoms with Crippen molar-refractivity contribution in [3.8, 4) is 0 Å². The van der Waals surface area contributed by atoms with E-state index in [0.717, 1.165) is 6.54 Å². The predicted molar refractivity (Wildman–Crippen MR) is 110 cm³/mol. The number of carbonyl (C=O) groups is 2. The van der Waals surface area contributed by atoms with Gasteiger partial charge in [0.1, 0.15) is 0 Å². The first-order valence-corrected chi connectivity index (χ1v) is 9.39. The Hall–Kier alpha value is -2.66. The number of hydrogen-bond acceptors (Lipinski definition) is 3. The standard InChI is InChI=1S/C22H29N3O2/c1-16(2)25(17(3)4)15-14-23-21(26)19-10-12-20(13-11-19)24-22(27)18-8-6-5-7-9-18/h5-13,16-17H,14-15H2,1-4H3,(H,23,26)(H,24,27). The first-order chi connectivity index (χ1) is 12.9. The van der Waals surface area contributed by atoms with Crippen molar-refractivity contribution < 1.29 is 9.59 Å². The van der Waals surface area contributed by atoms with Gasteiger partial charge in [0, 0.05) is 42.0 Å². The molecule has 2 amide bonds. The van der Waals surface area contributed by atoms with Gasteiger partial charge in [0.25, 0.3) is 11.8 Å². The lowest BCUT2D eigenvalue weighted by Crippen LogP contribution is -2.42. The maximum Gasteiger partial charge on any atom is 0.255 e. The normalized spacial score (nSPS) is 11.1. The Morgan fingerprint density at radius 3 is 1.93 bits per heavy atom. The van der Waals surface area contributed by atoms with Gasteiger partial charge in [0.05, 0.1) is 0 Å². The second-order valence-corrected chi connectivity index (χ2v) is 7.08. The van der Waals surface area contributed by atoms with E-state index in [4.69, 9.17) is 0 Å². The average Bonchev–Trinajstić information content (AvgIpc) is 2.65. The third-order valence-electron chi connectivity index (χ3n) is 4.42. The van der Waals surface area contributed by atoms with Gasteiger partial charge in [0.2, 0.25) is 0 Å². The molecule has 2 aromatic rings. The summed E-state index contributed by atoms with van der Waals surface area (Å²) in [6, 6.07) is 16.8. The smallest absolute Gasteiger partial charge is 0.255 e. The molecule has 5 heteroatoms. The number of rotatable bonds is 8.